The third-order valence-electron chi connectivity index (χ3n) is 5.31. The minimum Gasteiger partial charge on any atom is -0.480 e. The van der Waals surface area contributed by atoms with Crippen LogP contribution in [0.2, 0.25) is 0 Å². The second kappa shape index (κ2) is 6.25. The summed E-state index contributed by atoms with van der Waals surface area (Å²) in [7, 11) is 0. The highest BCUT2D eigenvalue weighted by molar-refractivity contribution is 5.78. The third kappa shape index (κ3) is 4.68. The van der Waals surface area contributed by atoms with Crippen LogP contribution in [0.25, 0.3) is 0 Å². The molecule has 4 heteroatoms. The summed E-state index contributed by atoms with van der Waals surface area (Å²) in [6, 6.07) is 0.428. The topological polar surface area (TPSA) is 52.6 Å². The predicted octanol–water partition coefficient (Wildman–Crippen LogP) is 2.73. The first-order chi connectivity index (χ1) is 9.71. The monoisotopic (exact) mass is 296 g/mol. The molecule has 21 heavy (non-hydrogen) atoms. The molecule has 2 N–H and O–H groups in total. The van der Waals surface area contributed by atoms with Gasteiger partial charge in [0.25, 0.3) is 0 Å². The number of carboxylic acids is 1. The molecule has 0 aromatic carbocycles. The van der Waals surface area contributed by atoms with E-state index >= 15 is 0 Å². The van der Waals surface area contributed by atoms with Crippen LogP contribution in [0, 0.1) is 11.3 Å². The zero-order chi connectivity index (χ0) is 15.7. The fraction of sp³-hybridized carbons (Fsp3) is 0.941. The van der Waals surface area contributed by atoms with Crippen molar-refractivity contribution in [3.8, 4) is 0 Å². The molecule has 0 spiro atoms. The maximum Gasteiger partial charge on any atom is 0.323 e. The van der Waals surface area contributed by atoms with E-state index in [2.05, 4.69) is 31.0 Å². The number of hydrogen-bond acceptors (Lipinski definition) is 3. The summed E-state index contributed by atoms with van der Waals surface area (Å²) >= 11 is 0. The quantitative estimate of drug-likeness (QED) is 0.791. The number of nitrogens with one attached hydrogen (secondary N) is 1. The van der Waals surface area contributed by atoms with Gasteiger partial charge in [-0.3, -0.25) is 10.1 Å². The first kappa shape index (κ1) is 16.8. The first-order valence-corrected chi connectivity index (χ1v) is 8.44. The van der Waals surface area contributed by atoms with Gasteiger partial charge in [0.2, 0.25) is 0 Å². The molecular formula is C17H32N2O2. The Morgan fingerprint density at radius 2 is 1.71 bits per heavy atom. The summed E-state index contributed by atoms with van der Waals surface area (Å²) in [5, 5.41) is 12.8. The fourth-order valence-corrected chi connectivity index (χ4v) is 3.32. The van der Waals surface area contributed by atoms with E-state index in [9.17, 15) is 9.90 Å². The van der Waals surface area contributed by atoms with Crippen LogP contribution in [0.5, 0.6) is 0 Å². The Morgan fingerprint density at radius 1 is 1.14 bits per heavy atom. The van der Waals surface area contributed by atoms with Crippen LogP contribution >= 0.6 is 0 Å². The van der Waals surface area contributed by atoms with Gasteiger partial charge in [-0.15, -0.1) is 0 Å². The standard InChI is InChI=1S/C17H32N2O2/c1-16(2,3)13-7-10-19(11-8-13)12-9-17(4,15(20)21)18-14-5-6-14/h13-14,18H,5-12H2,1-4H3,(H,20,21). The van der Waals surface area contributed by atoms with Crippen molar-refractivity contribution in [2.45, 2.75) is 71.4 Å². The number of carbonyl (C=O) groups is 1. The predicted molar refractivity (Wildman–Crippen MR) is 85.4 cm³/mol. The van der Waals surface area contributed by atoms with Crippen molar-refractivity contribution in [1.82, 2.24) is 10.2 Å². The molecular weight excluding hydrogens is 264 g/mol. The zero-order valence-electron chi connectivity index (χ0n) is 14.1. The summed E-state index contributed by atoms with van der Waals surface area (Å²) in [4.78, 5) is 14.0. The molecule has 2 fully saturated rings. The van der Waals surface area contributed by atoms with Crippen molar-refractivity contribution < 1.29 is 9.90 Å². The summed E-state index contributed by atoms with van der Waals surface area (Å²) in [6.07, 6.45) is 5.42. The molecule has 1 aliphatic carbocycles. The molecule has 0 aromatic heterocycles. The molecule has 0 aromatic rings. The van der Waals surface area contributed by atoms with Gasteiger partial charge in [-0.25, -0.2) is 0 Å². The smallest absolute Gasteiger partial charge is 0.323 e. The van der Waals surface area contributed by atoms with Crippen LogP contribution in [-0.4, -0.2) is 47.2 Å². The van der Waals surface area contributed by atoms with E-state index in [1.54, 1.807) is 0 Å². The van der Waals surface area contributed by atoms with Gasteiger partial charge in [0.15, 0.2) is 0 Å². The van der Waals surface area contributed by atoms with Crippen LogP contribution in [-0.2, 0) is 4.79 Å². The van der Waals surface area contributed by atoms with Crippen LogP contribution < -0.4 is 5.32 Å². The molecule has 4 nitrogen and oxygen atoms in total. The molecule has 1 heterocycles. The van der Waals surface area contributed by atoms with Gasteiger partial charge in [0, 0.05) is 12.6 Å². The molecule has 2 rings (SSSR count). The largest absolute Gasteiger partial charge is 0.480 e. The van der Waals surface area contributed by atoms with Gasteiger partial charge >= 0.3 is 5.97 Å². The van der Waals surface area contributed by atoms with Crippen molar-refractivity contribution in [2.75, 3.05) is 19.6 Å². The number of piperidine rings is 1. The van der Waals surface area contributed by atoms with Gasteiger partial charge in [-0.2, -0.15) is 0 Å². The first-order valence-electron chi connectivity index (χ1n) is 8.44. The summed E-state index contributed by atoms with van der Waals surface area (Å²) in [5.74, 6) is 0.0863. The Morgan fingerprint density at radius 3 is 2.14 bits per heavy atom. The van der Waals surface area contributed by atoms with Crippen molar-refractivity contribution in [2.24, 2.45) is 11.3 Å². The Hall–Kier alpha value is -0.610. The summed E-state index contributed by atoms with van der Waals surface area (Å²) in [5.41, 5.74) is -0.364. The van der Waals surface area contributed by atoms with Gasteiger partial charge in [0.05, 0.1) is 0 Å². The van der Waals surface area contributed by atoms with E-state index in [0.29, 0.717) is 17.9 Å². The normalized spacial score (nSPS) is 24.8. The SMILES string of the molecule is CC(CCN1CCC(C(C)(C)C)CC1)(NC1CC1)C(=O)O. The van der Waals surface area contributed by atoms with Crippen molar-refractivity contribution >= 4 is 5.97 Å². The number of hydrogen-bond donors (Lipinski definition) is 2. The van der Waals surface area contributed by atoms with Crippen LogP contribution in [0.15, 0.2) is 0 Å². The molecule has 1 saturated carbocycles. The van der Waals surface area contributed by atoms with Gasteiger partial charge in [-0.1, -0.05) is 20.8 Å². The van der Waals surface area contributed by atoms with Crippen LogP contribution in [0.3, 0.4) is 0 Å². The van der Waals surface area contributed by atoms with Crippen LogP contribution in [0.1, 0.15) is 59.8 Å². The third-order valence-corrected chi connectivity index (χ3v) is 5.31. The lowest BCUT2D eigenvalue weighted by Crippen LogP contribution is -2.52. The average molecular weight is 296 g/mol. The molecule has 0 radical (unpaired) electrons. The molecule has 1 unspecified atom stereocenters. The number of aliphatic carboxylic acids is 1. The number of rotatable bonds is 6. The second-order valence-corrected chi connectivity index (χ2v) is 8.29. The van der Waals surface area contributed by atoms with Crippen molar-refractivity contribution in [3.05, 3.63) is 0 Å². The van der Waals surface area contributed by atoms with E-state index < -0.39 is 11.5 Å². The van der Waals surface area contributed by atoms with E-state index in [-0.39, 0.29) is 0 Å². The lowest BCUT2D eigenvalue weighted by atomic mass is 9.75. The van der Waals surface area contributed by atoms with Crippen LogP contribution in [0.4, 0.5) is 0 Å². The summed E-state index contributed by atoms with van der Waals surface area (Å²) in [6.45, 7) is 11.9. The van der Waals surface area contributed by atoms with Gasteiger partial charge in [0.1, 0.15) is 5.54 Å². The highest BCUT2D eigenvalue weighted by atomic mass is 16.4. The van der Waals surface area contributed by atoms with Gasteiger partial charge in [-0.05, 0) is 63.5 Å². The Labute approximate surface area is 129 Å². The molecule has 0 amide bonds. The minimum atomic E-state index is -0.762. The maximum absolute atomic E-state index is 11.6. The van der Waals surface area contributed by atoms with E-state index in [1.807, 2.05) is 6.92 Å². The summed E-state index contributed by atoms with van der Waals surface area (Å²) < 4.78 is 0. The molecule has 1 aliphatic heterocycles. The Kier molecular flexibility index (Phi) is 4.99. The Balaban J connectivity index is 1.78. The van der Waals surface area contributed by atoms with E-state index in [0.717, 1.165) is 38.4 Å². The molecule has 1 atom stereocenters. The number of likely N-dealkylation sites (tertiary alicyclic amines) is 1. The molecule has 122 valence electrons. The number of carboxylic acid groups (broad SMARTS) is 1. The molecule has 2 aliphatic rings. The fourth-order valence-electron chi connectivity index (χ4n) is 3.32. The van der Waals surface area contributed by atoms with Crippen molar-refractivity contribution in [1.29, 1.82) is 0 Å². The highest BCUT2D eigenvalue weighted by Crippen LogP contribution is 2.34. The number of nitrogens with zero attached hydrogens (tertiary/aromatic N) is 1. The lowest BCUT2D eigenvalue weighted by Gasteiger charge is -2.39. The minimum absolute atomic E-state index is 0.398. The second-order valence-electron chi connectivity index (χ2n) is 8.29. The molecule has 1 saturated heterocycles. The average Bonchev–Trinajstić information content (AvgIpc) is 3.19. The zero-order valence-corrected chi connectivity index (χ0v) is 14.1. The molecule has 0 bridgehead atoms. The van der Waals surface area contributed by atoms with Gasteiger partial charge < -0.3 is 10.0 Å². The van der Waals surface area contributed by atoms with E-state index in [4.69, 9.17) is 0 Å². The van der Waals surface area contributed by atoms with E-state index in [1.165, 1.54) is 12.8 Å². The van der Waals surface area contributed by atoms with Crippen molar-refractivity contribution in [3.63, 3.8) is 0 Å². The lowest BCUT2D eigenvalue weighted by molar-refractivity contribution is -0.144. The highest BCUT2D eigenvalue weighted by Gasteiger charge is 2.39. The Bertz CT molecular complexity index is 365. The maximum atomic E-state index is 11.6.